The van der Waals surface area contributed by atoms with E-state index < -0.39 is 0 Å². The maximum Gasteiger partial charge on any atom is 0.128 e. The number of hydrogen-bond acceptors (Lipinski definition) is 3. The number of hydrogen-bond donors (Lipinski definition) is 1. The SMILES string of the molecule is COc1cc(Br)ncc1CO. The van der Waals surface area contributed by atoms with Gasteiger partial charge in [-0.05, 0) is 15.9 Å². The van der Waals surface area contributed by atoms with Crippen molar-refractivity contribution < 1.29 is 9.84 Å². The van der Waals surface area contributed by atoms with E-state index in [0.29, 0.717) is 15.9 Å². The van der Waals surface area contributed by atoms with Crippen LogP contribution in [0.15, 0.2) is 16.9 Å². The summed E-state index contributed by atoms with van der Waals surface area (Å²) in [6, 6.07) is 1.71. The number of rotatable bonds is 2. The lowest BCUT2D eigenvalue weighted by atomic mass is 10.3. The summed E-state index contributed by atoms with van der Waals surface area (Å²) in [5.41, 5.74) is 0.690. The smallest absolute Gasteiger partial charge is 0.128 e. The first kappa shape index (κ1) is 8.49. The third-order valence-corrected chi connectivity index (χ3v) is 1.73. The Kier molecular flexibility index (Phi) is 2.84. The Morgan fingerprint density at radius 3 is 3.00 bits per heavy atom. The quantitative estimate of drug-likeness (QED) is 0.761. The minimum absolute atomic E-state index is 0.0521. The van der Waals surface area contributed by atoms with Crippen LogP contribution in [0.3, 0.4) is 0 Å². The monoisotopic (exact) mass is 217 g/mol. The van der Waals surface area contributed by atoms with E-state index >= 15 is 0 Å². The van der Waals surface area contributed by atoms with Crippen molar-refractivity contribution in [2.24, 2.45) is 0 Å². The second-order valence-electron chi connectivity index (χ2n) is 1.98. The molecule has 11 heavy (non-hydrogen) atoms. The molecule has 0 aromatic carbocycles. The molecular formula is C7H8BrNO2. The fraction of sp³-hybridized carbons (Fsp3) is 0.286. The summed E-state index contributed by atoms with van der Waals surface area (Å²) in [6.07, 6.45) is 1.57. The molecule has 1 N–H and O–H groups in total. The summed E-state index contributed by atoms with van der Waals surface area (Å²) in [5, 5.41) is 8.81. The lowest BCUT2D eigenvalue weighted by molar-refractivity contribution is 0.273. The maximum atomic E-state index is 8.81. The highest BCUT2D eigenvalue weighted by Crippen LogP contribution is 2.20. The van der Waals surface area contributed by atoms with Crippen molar-refractivity contribution in [2.45, 2.75) is 6.61 Å². The number of aliphatic hydroxyl groups excluding tert-OH is 1. The Hall–Kier alpha value is -0.610. The average Bonchev–Trinajstić information content (AvgIpc) is 2.04. The van der Waals surface area contributed by atoms with Gasteiger partial charge in [0.1, 0.15) is 10.4 Å². The van der Waals surface area contributed by atoms with Gasteiger partial charge in [0.2, 0.25) is 0 Å². The summed E-state index contributed by atoms with van der Waals surface area (Å²) in [5.74, 6) is 0.648. The molecule has 1 rings (SSSR count). The van der Waals surface area contributed by atoms with Gasteiger partial charge in [-0.1, -0.05) is 0 Å². The highest BCUT2D eigenvalue weighted by atomic mass is 79.9. The molecule has 1 heterocycles. The second-order valence-corrected chi connectivity index (χ2v) is 2.79. The Balaban J connectivity index is 3.06. The first-order valence-corrected chi connectivity index (χ1v) is 3.86. The molecule has 0 aliphatic carbocycles. The number of ether oxygens (including phenoxy) is 1. The fourth-order valence-corrected chi connectivity index (χ4v) is 1.06. The summed E-state index contributed by atoms with van der Waals surface area (Å²) >= 11 is 3.19. The minimum atomic E-state index is -0.0521. The van der Waals surface area contributed by atoms with Gasteiger partial charge < -0.3 is 9.84 Å². The van der Waals surface area contributed by atoms with E-state index in [1.165, 1.54) is 0 Å². The van der Waals surface area contributed by atoms with Gasteiger partial charge in [-0.15, -0.1) is 0 Å². The van der Waals surface area contributed by atoms with E-state index in [2.05, 4.69) is 20.9 Å². The molecule has 0 bridgehead atoms. The van der Waals surface area contributed by atoms with E-state index in [1.807, 2.05) is 0 Å². The first-order chi connectivity index (χ1) is 5.27. The van der Waals surface area contributed by atoms with E-state index in [4.69, 9.17) is 9.84 Å². The van der Waals surface area contributed by atoms with Crippen LogP contribution in [0.4, 0.5) is 0 Å². The van der Waals surface area contributed by atoms with Crippen molar-refractivity contribution in [1.29, 1.82) is 0 Å². The zero-order valence-corrected chi connectivity index (χ0v) is 7.63. The van der Waals surface area contributed by atoms with Crippen LogP contribution < -0.4 is 4.74 Å². The Morgan fingerprint density at radius 1 is 1.73 bits per heavy atom. The van der Waals surface area contributed by atoms with Crippen molar-refractivity contribution in [3.05, 3.63) is 22.4 Å². The van der Waals surface area contributed by atoms with Gasteiger partial charge in [0, 0.05) is 17.8 Å². The summed E-state index contributed by atoms with van der Waals surface area (Å²) in [4.78, 5) is 3.94. The van der Waals surface area contributed by atoms with Crippen LogP contribution >= 0.6 is 15.9 Å². The fourth-order valence-electron chi connectivity index (χ4n) is 0.750. The van der Waals surface area contributed by atoms with Crippen LogP contribution in [0.1, 0.15) is 5.56 Å². The molecule has 1 aromatic rings. The molecule has 0 spiro atoms. The number of nitrogens with zero attached hydrogens (tertiary/aromatic N) is 1. The van der Waals surface area contributed by atoms with Gasteiger partial charge in [-0.3, -0.25) is 0 Å². The lowest BCUT2D eigenvalue weighted by Crippen LogP contribution is -1.92. The third-order valence-electron chi connectivity index (χ3n) is 1.30. The molecule has 0 saturated heterocycles. The van der Waals surface area contributed by atoms with Crippen molar-refractivity contribution in [3.8, 4) is 5.75 Å². The molecule has 0 atom stereocenters. The number of aromatic nitrogens is 1. The first-order valence-electron chi connectivity index (χ1n) is 3.07. The summed E-state index contributed by atoms with van der Waals surface area (Å²) in [7, 11) is 1.56. The highest BCUT2D eigenvalue weighted by molar-refractivity contribution is 9.10. The van der Waals surface area contributed by atoms with E-state index in [0.717, 1.165) is 0 Å². The van der Waals surface area contributed by atoms with Crippen molar-refractivity contribution >= 4 is 15.9 Å². The molecule has 0 aliphatic heterocycles. The number of aliphatic hydroxyl groups is 1. The molecule has 1 aromatic heterocycles. The highest BCUT2D eigenvalue weighted by Gasteiger charge is 2.01. The van der Waals surface area contributed by atoms with Crippen LogP contribution in [0, 0.1) is 0 Å². The Morgan fingerprint density at radius 2 is 2.45 bits per heavy atom. The Labute approximate surface area is 73.2 Å². The van der Waals surface area contributed by atoms with Crippen LogP contribution in [0.5, 0.6) is 5.75 Å². The van der Waals surface area contributed by atoms with Crippen LogP contribution in [0.2, 0.25) is 0 Å². The Bertz CT molecular complexity index is 252. The normalized spacial score (nSPS) is 9.73. The summed E-state index contributed by atoms with van der Waals surface area (Å²) in [6.45, 7) is -0.0521. The van der Waals surface area contributed by atoms with Gasteiger partial charge in [-0.2, -0.15) is 0 Å². The molecule has 0 radical (unpaired) electrons. The van der Waals surface area contributed by atoms with Gasteiger partial charge in [-0.25, -0.2) is 4.98 Å². The van der Waals surface area contributed by atoms with Gasteiger partial charge in [0.25, 0.3) is 0 Å². The lowest BCUT2D eigenvalue weighted by Gasteiger charge is -2.04. The van der Waals surface area contributed by atoms with Crippen LogP contribution in [0.25, 0.3) is 0 Å². The van der Waals surface area contributed by atoms with Crippen LogP contribution in [-0.4, -0.2) is 17.2 Å². The maximum absolute atomic E-state index is 8.81. The second kappa shape index (κ2) is 3.69. The molecule has 3 nitrogen and oxygen atoms in total. The molecule has 0 unspecified atom stereocenters. The molecule has 0 aliphatic rings. The predicted molar refractivity (Wildman–Crippen MR) is 44.4 cm³/mol. The zero-order chi connectivity index (χ0) is 8.27. The number of halogens is 1. The van der Waals surface area contributed by atoms with Crippen LogP contribution in [-0.2, 0) is 6.61 Å². The molecule has 60 valence electrons. The number of methoxy groups -OCH3 is 1. The average molecular weight is 218 g/mol. The van der Waals surface area contributed by atoms with Crippen molar-refractivity contribution in [1.82, 2.24) is 4.98 Å². The van der Waals surface area contributed by atoms with Crippen molar-refractivity contribution in [3.63, 3.8) is 0 Å². The zero-order valence-electron chi connectivity index (χ0n) is 6.04. The molecule has 4 heteroatoms. The molecule has 0 saturated carbocycles. The van der Waals surface area contributed by atoms with Gasteiger partial charge in [0.15, 0.2) is 0 Å². The van der Waals surface area contributed by atoms with Gasteiger partial charge in [0.05, 0.1) is 13.7 Å². The van der Waals surface area contributed by atoms with E-state index in [-0.39, 0.29) is 6.61 Å². The van der Waals surface area contributed by atoms with E-state index in [9.17, 15) is 0 Å². The standard InChI is InChI=1S/C7H8BrNO2/c1-11-6-2-7(8)9-3-5(6)4-10/h2-3,10H,4H2,1H3. The number of pyridine rings is 1. The van der Waals surface area contributed by atoms with Crippen molar-refractivity contribution in [2.75, 3.05) is 7.11 Å². The molecular weight excluding hydrogens is 210 g/mol. The van der Waals surface area contributed by atoms with E-state index in [1.54, 1.807) is 19.4 Å². The predicted octanol–water partition coefficient (Wildman–Crippen LogP) is 1.34. The third kappa shape index (κ3) is 1.91. The topological polar surface area (TPSA) is 42.4 Å². The summed E-state index contributed by atoms with van der Waals surface area (Å²) < 4.78 is 5.69. The minimum Gasteiger partial charge on any atom is -0.496 e. The van der Waals surface area contributed by atoms with Gasteiger partial charge >= 0.3 is 0 Å². The molecule has 0 amide bonds. The molecule has 0 fully saturated rings. The largest absolute Gasteiger partial charge is 0.496 e.